The number of hydrogen-bond donors (Lipinski definition) is 0. The van der Waals surface area contributed by atoms with Crippen LogP contribution in [-0.4, -0.2) is 42.5 Å². The minimum atomic E-state index is -4.58. The van der Waals surface area contributed by atoms with Crippen LogP contribution in [0.15, 0.2) is 48.5 Å². The Morgan fingerprint density at radius 1 is 1.20 bits per heavy atom. The maximum Gasteiger partial charge on any atom is 0.410 e. The van der Waals surface area contributed by atoms with Crippen molar-refractivity contribution in [3.63, 3.8) is 0 Å². The van der Waals surface area contributed by atoms with Gasteiger partial charge in [0.05, 0.1) is 18.2 Å². The molecule has 0 aromatic heterocycles. The van der Waals surface area contributed by atoms with Gasteiger partial charge in [0.15, 0.2) is 0 Å². The van der Waals surface area contributed by atoms with Crippen molar-refractivity contribution in [2.24, 2.45) is 0 Å². The van der Waals surface area contributed by atoms with E-state index in [0.717, 1.165) is 16.0 Å². The third-order valence-electron chi connectivity index (χ3n) is 4.90. The zero-order valence-electron chi connectivity index (χ0n) is 16.4. The van der Waals surface area contributed by atoms with E-state index in [2.05, 4.69) is 6.07 Å². The maximum atomic E-state index is 13.5. The highest BCUT2D eigenvalue weighted by molar-refractivity contribution is 5.68. The van der Waals surface area contributed by atoms with E-state index in [1.807, 2.05) is 12.1 Å². The summed E-state index contributed by atoms with van der Waals surface area (Å²) >= 11 is 0. The first kappa shape index (κ1) is 21.5. The lowest BCUT2D eigenvalue weighted by Crippen LogP contribution is -2.55. The fourth-order valence-electron chi connectivity index (χ4n) is 3.49. The number of hydrogen-bond acceptors (Lipinski definition) is 4. The Morgan fingerprint density at radius 2 is 1.90 bits per heavy atom. The standard InChI is InChI=1S/C22H21F3N2O3/c1-2-29-21(28)27-10-9-19(13-20(27)22(23,24)25)30-18-8-4-7-17(12-18)16-6-3-5-15(11-16)14-26/h3-8,11-12,19-20H,2,9-10,13H2,1H3. The minimum absolute atomic E-state index is 0.0135. The summed E-state index contributed by atoms with van der Waals surface area (Å²) in [5.74, 6) is 0.436. The van der Waals surface area contributed by atoms with Gasteiger partial charge in [-0.05, 0) is 42.3 Å². The van der Waals surface area contributed by atoms with Gasteiger partial charge >= 0.3 is 12.3 Å². The molecule has 8 heteroatoms. The van der Waals surface area contributed by atoms with Crippen LogP contribution in [0.3, 0.4) is 0 Å². The van der Waals surface area contributed by atoms with Crippen LogP contribution in [-0.2, 0) is 4.74 Å². The van der Waals surface area contributed by atoms with E-state index in [1.54, 1.807) is 43.3 Å². The molecule has 0 saturated carbocycles. The number of nitriles is 1. The van der Waals surface area contributed by atoms with E-state index >= 15 is 0 Å². The second-order valence-electron chi connectivity index (χ2n) is 6.93. The van der Waals surface area contributed by atoms with E-state index in [9.17, 15) is 18.0 Å². The number of ether oxygens (including phenoxy) is 2. The lowest BCUT2D eigenvalue weighted by atomic mass is 9.99. The number of likely N-dealkylation sites (tertiary alicyclic amines) is 1. The zero-order valence-corrected chi connectivity index (χ0v) is 16.4. The quantitative estimate of drug-likeness (QED) is 0.688. The van der Waals surface area contributed by atoms with E-state index < -0.39 is 24.4 Å². The molecule has 2 aromatic carbocycles. The summed E-state index contributed by atoms with van der Waals surface area (Å²) < 4.78 is 51.2. The van der Waals surface area contributed by atoms with Gasteiger partial charge in [-0.2, -0.15) is 18.4 Å². The van der Waals surface area contributed by atoms with Crippen molar-refractivity contribution in [3.8, 4) is 22.9 Å². The zero-order chi connectivity index (χ0) is 21.7. The molecular formula is C22H21F3N2O3. The van der Waals surface area contributed by atoms with Crippen molar-refractivity contribution >= 4 is 6.09 Å². The first-order chi connectivity index (χ1) is 14.3. The molecule has 158 valence electrons. The third-order valence-corrected chi connectivity index (χ3v) is 4.90. The Hall–Kier alpha value is -3.21. The highest BCUT2D eigenvalue weighted by Gasteiger charge is 2.49. The smallest absolute Gasteiger partial charge is 0.410 e. The van der Waals surface area contributed by atoms with Gasteiger partial charge in [-0.1, -0.05) is 24.3 Å². The van der Waals surface area contributed by atoms with Crippen molar-refractivity contribution in [1.29, 1.82) is 5.26 Å². The van der Waals surface area contributed by atoms with Crippen molar-refractivity contribution in [2.75, 3.05) is 13.2 Å². The van der Waals surface area contributed by atoms with Crippen molar-refractivity contribution in [1.82, 2.24) is 4.90 Å². The highest BCUT2D eigenvalue weighted by atomic mass is 19.4. The summed E-state index contributed by atoms with van der Waals surface area (Å²) in [6, 6.07) is 14.2. The molecule has 0 spiro atoms. The maximum absolute atomic E-state index is 13.5. The van der Waals surface area contributed by atoms with Crippen LogP contribution in [0, 0.1) is 11.3 Å². The molecule has 1 aliphatic heterocycles. The number of piperidine rings is 1. The minimum Gasteiger partial charge on any atom is -0.490 e. The molecule has 2 atom stereocenters. The SMILES string of the molecule is CCOC(=O)N1CCC(Oc2cccc(-c3cccc(C#N)c3)c2)CC1C(F)(F)F. The monoisotopic (exact) mass is 418 g/mol. The van der Waals surface area contributed by atoms with Gasteiger partial charge in [0.25, 0.3) is 0 Å². The summed E-state index contributed by atoms with van der Waals surface area (Å²) in [4.78, 5) is 12.6. The number of benzene rings is 2. The second kappa shape index (κ2) is 9.08. The molecule has 30 heavy (non-hydrogen) atoms. The Kier molecular flexibility index (Phi) is 6.50. The van der Waals surface area contributed by atoms with Crippen molar-refractivity contribution in [3.05, 3.63) is 54.1 Å². The van der Waals surface area contributed by atoms with Crippen LogP contribution in [0.2, 0.25) is 0 Å². The van der Waals surface area contributed by atoms with Crippen LogP contribution in [0.25, 0.3) is 11.1 Å². The molecule has 1 aliphatic rings. The lowest BCUT2D eigenvalue weighted by molar-refractivity contribution is -0.192. The van der Waals surface area contributed by atoms with Gasteiger partial charge in [-0.3, -0.25) is 4.90 Å². The summed E-state index contributed by atoms with van der Waals surface area (Å²) in [5, 5.41) is 9.06. The highest BCUT2D eigenvalue weighted by Crippen LogP contribution is 2.34. The largest absolute Gasteiger partial charge is 0.490 e. The Bertz CT molecular complexity index is 940. The Labute approximate surface area is 172 Å². The molecule has 0 N–H and O–H groups in total. The molecule has 1 saturated heterocycles. The Morgan fingerprint density at radius 3 is 2.57 bits per heavy atom. The van der Waals surface area contributed by atoms with Gasteiger partial charge in [-0.25, -0.2) is 4.79 Å². The molecule has 5 nitrogen and oxygen atoms in total. The molecule has 1 fully saturated rings. The van der Waals surface area contributed by atoms with E-state index in [-0.39, 0.29) is 26.0 Å². The normalized spacial score (nSPS) is 19.1. The number of carbonyl (C=O) groups is 1. The molecule has 3 rings (SSSR count). The van der Waals surface area contributed by atoms with Gasteiger partial charge in [0, 0.05) is 19.4 Å². The summed E-state index contributed by atoms with van der Waals surface area (Å²) in [6.45, 7) is 1.47. The fraction of sp³-hybridized carbons (Fsp3) is 0.364. The first-order valence-electron chi connectivity index (χ1n) is 9.59. The number of carbonyl (C=O) groups excluding carboxylic acids is 1. The van der Waals surface area contributed by atoms with Gasteiger partial charge in [-0.15, -0.1) is 0 Å². The first-order valence-corrected chi connectivity index (χ1v) is 9.59. The van der Waals surface area contributed by atoms with E-state index in [0.29, 0.717) is 11.3 Å². The Balaban J connectivity index is 1.75. The number of alkyl halides is 3. The van der Waals surface area contributed by atoms with Crippen LogP contribution in [0.5, 0.6) is 5.75 Å². The number of halogens is 3. The molecule has 0 radical (unpaired) electrons. The lowest BCUT2D eigenvalue weighted by Gasteiger charge is -2.39. The predicted octanol–water partition coefficient (Wildman–Crippen LogP) is 5.16. The molecule has 2 unspecified atom stereocenters. The van der Waals surface area contributed by atoms with E-state index in [4.69, 9.17) is 14.7 Å². The second-order valence-corrected chi connectivity index (χ2v) is 6.93. The topological polar surface area (TPSA) is 62.6 Å². The van der Waals surface area contributed by atoms with Crippen LogP contribution < -0.4 is 4.74 Å². The van der Waals surface area contributed by atoms with Gasteiger partial charge in [0.2, 0.25) is 0 Å². The van der Waals surface area contributed by atoms with Crippen molar-refractivity contribution < 1.29 is 27.4 Å². The van der Waals surface area contributed by atoms with Crippen LogP contribution in [0.4, 0.5) is 18.0 Å². The molecule has 2 aromatic rings. The number of nitrogens with zero attached hydrogens (tertiary/aromatic N) is 2. The van der Waals surface area contributed by atoms with Gasteiger partial charge < -0.3 is 9.47 Å². The number of rotatable bonds is 4. The third kappa shape index (κ3) is 5.03. The summed E-state index contributed by atoms with van der Waals surface area (Å²) in [7, 11) is 0. The summed E-state index contributed by atoms with van der Waals surface area (Å²) in [5.41, 5.74) is 2.11. The molecule has 1 heterocycles. The van der Waals surface area contributed by atoms with Crippen LogP contribution >= 0.6 is 0 Å². The molecule has 0 aliphatic carbocycles. The fourth-order valence-corrected chi connectivity index (χ4v) is 3.49. The number of amides is 1. The van der Waals surface area contributed by atoms with Crippen LogP contribution in [0.1, 0.15) is 25.3 Å². The summed E-state index contributed by atoms with van der Waals surface area (Å²) in [6.07, 6.45) is -6.33. The predicted molar refractivity (Wildman–Crippen MR) is 104 cm³/mol. The van der Waals surface area contributed by atoms with Crippen molar-refractivity contribution in [2.45, 2.75) is 38.1 Å². The van der Waals surface area contributed by atoms with Gasteiger partial charge in [0.1, 0.15) is 17.9 Å². The average molecular weight is 418 g/mol. The molecule has 0 bridgehead atoms. The molecular weight excluding hydrogens is 397 g/mol. The van der Waals surface area contributed by atoms with E-state index in [1.165, 1.54) is 0 Å². The molecule has 1 amide bonds. The average Bonchev–Trinajstić information content (AvgIpc) is 2.73.